The summed E-state index contributed by atoms with van der Waals surface area (Å²) in [5.74, 6) is 1.67. The fourth-order valence-corrected chi connectivity index (χ4v) is 5.78. The second kappa shape index (κ2) is 13.4. The molecule has 8 nitrogen and oxygen atoms in total. The summed E-state index contributed by atoms with van der Waals surface area (Å²) in [6.07, 6.45) is 1.59. The number of hydrogen-bond acceptors (Lipinski definition) is 6. The molecule has 0 atom stereocenters. The molecule has 1 amide bonds. The van der Waals surface area contributed by atoms with Gasteiger partial charge in [-0.2, -0.15) is 0 Å². The van der Waals surface area contributed by atoms with Crippen LogP contribution in [0.3, 0.4) is 0 Å². The van der Waals surface area contributed by atoms with E-state index in [-0.39, 0.29) is 22.2 Å². The molecule has 6 rings (SSSR count). The number of amides is 1. The minimum Gasteiger partial charge on any atom is -0.495 e. The molecule has 0 radical (unpaired) electrons. The Morgan fingerprint density at radius 3 is 1.94 bits per heavy atom. The zero-order valence-corrected chi connectivity index (χ0v) is 29.1. The zero-order chi connectivity index (χ0) is 34.8. The highest BCUT2D eigenvalue weighted by Gasteiger charge is 2.23. The molecule has 248 valence electrons. The highest BCUT2D eigenvalue weighted by Crippen LogP contribution is 2.39. The summed E-state index contributed by atoms with van der Waals surface area (Å²) in [7, 11) is 4.80. The number of hydrogen-bond donors (Lipinski definition) is 2. The van der Waals surface area contributed by atoms with Gasteiger partial charge in [-0.1, -0.05) is 77.9 Å². The number of methoxy groups -OCH3 is 3. The first-order chi connectivity index (χ1) is 22.8. The fourth-order valence-electron chi connectivity index (χ4n) is 5.78. The number of carbonyl (C=O) groups excluding carboxylic acids is 1. The lowest BCUT2D eigenvalue weighted by Crippen LogP contribution is -2.19. The van der Waals surface area contributed by atoms with Crippen molar-refractivity contribution >= 4 is 44.3 Å². The van der Waals surface area contributed by atoms with Gasteiger partial charge in [0.25, 0.3) is 5.91 Å². The molecule has 0 fully saturated rings. The Morgan fingerprint density at radius 2 is 1.29 bits per heavy atom. The largest absolute Gasteiger partial charge is 0.495 e. The van der Waals surface area contributed by atoms with Crippen molar-refractivity contribution in [1.29, 1.82) is 0 Å². The van der Waals surface area contributed by atoms with E-state index in [1.807, 2.05) is 66.7 Å². The SMILES string of the molecule is COc1cc(NC(=O)c2cnc3ccccc3c2)c(C(C)(C)C)cc1OC.COc1cccc2c(=O)c3cccc(C(C)(C)C)c3[nH]c12. The van der Waals surface area contributed by atoms with Crippen LogP contribution in [0.4, 0.5) is 5.69 Å². The molecule has 2 N–H and O–H groups in total. The molecule has 0 saturated heterocycles. The van der Waals surface area contributed by atoms with E-state index < -0.39 is 0 Å². The topological polar surface area (TPSA) is 103 Å². The Labute approximate surface area is 281 Å². The molecule has 6 aromatic rings. The van der Waals surface area contributed by atoms with Crippen molar-refractivity contribution in [2.75, 3.05) is 26.6 Å². The molecule has 0 saturated carbocycles. The Bertz CT molecular complexity index is 2190. The first-order valence-electron chi connectivity index (χ1n) is 15.8. The Kier molecular flexibility index (Phi) is 9.48. The summed E-state index contributed by atoms with van der Waals surface area (Å²) in [4.78, 5) is 33.4. The Hall–Kier alpha value is -5.37. The molecule has 4 aromatic carbocycles. The van der Waals surface area contributed by atoms with Gasteiger partial charge in [-0.05, 0) is 58.4 Å². The molecule has 0 unspecified atom stereocenters. The van der Waals surface area contributed by atoms with Gasteiger partial charge in [-0.25, -0.2) is 0 Å². The highest BCUT2D eigenvalue weighted by atomic mass is 16.5. The molecule has 48 heavy (non-hydrogen) atoms. The van der Waals surface area contributed by atoms with Crippen LogP contribution in [0.1, 0.15) is 63.0 Å². The van der Waals surface area contributed by atoms with Crippen molar-refractivity contribution in [2.45, 2.75) is 52.4 Å². The van der Waals surface area contributed by atoms with Crippen LogP contribution in [0, 0.1) is 0 Å². The van der Waals surface area contributed by atoms with Gasteiger partial charge in [-0.15, -0.1) is 0 Å². The van der Waals surface area contributed by atoms with Crippen LogP contribution in [0.2, 0.25) is 0 Å². The van der Waals surface area contributed by atoms with Gasteiger partial charge in [0.15, 0.2) is 16.9 Å². The number of rotatable bonds is 5. The van der Waals surface area contributed by atoms with Crippen LogP contribution in [-0.2, 0) is 10.8 Å². The highest BCUT2D eigenvalue weighted by molar-refractivity contribution is 6.06. The Morgan fingerprint density at radius 1 is 0.688 bits per heavy atom. The van der Waals surface area contributed by atoms with E-state index in [2.05, 4.69) is 62.9 Å². The molecule has 8 heteroatoms. The van der Waals surface area contributed by atoms with E-state index in [0.29, 0.717) is 33.9 Å². The van der Waals surface area contributed by atoms with E-state index in [4.69, 9.17) is 14.2 Å². The number of para-hydroxylation sites is 3. The van der Waals surface area contributed by atoms with Crippen LogP contribution in [0.5, 0.6) is 17.2 Å². The summed E-state index contributed by atoms with van der Waals surface area (Å²) < 4.78 is 16.2. The first-order valence-corrected chi connectivity index (χ1v) is 15.8. The molecule has 0 aliphatic rings. The minimum atomic E-state index is -0.217. The van der Waals surface area contributed by atoms with Gasteiger partial charge in [0.1, 0.15) is 5.75 Å². The van der Waals surface area contributed by atoms with E-state index in [9.17, 15) is 9.59 Å². The molecule has 0 bridgehead atoms. The van der Waals surface area contributed by atoms with Crippen molar-refractivity contribution in [3.8, 4) is 17.2 Å². The maximum absolute atomic E-state index is 12.9. The van der Waals surface area contributed by atoms with Crippen LogP contribution < -0.4 is 25.0 Å². The van der Waals surface area contributed by atoms with E-state index in [0.717, 1.165) is 38.4 Å². The molecule has 2 heterocycles. The number of ether oxygens (including phenoxy) is 3. The molecule has 0 spiro atoms. The fraction of sp³-hybridized carbons (Fsp3) is 0.275. The van der Waals surface area contributed by atoms with Crippen molar-refractivity contribution < 1.29 is 19.0 Å². The number of aromatic amines is 1. The molecule has 0 aliphatic carbocycles. The number of pyridine rings is 2. The van der Waals surface area contributed by atoms with Crippen molar-refractivity contribution in [1.82, 2.24) is 9.97 Å². The van der Waals surface area contributed by atoms with Crippen LogP contribution in [-0.4, -0.2) is 37.2 Å². The standard InChI is InChI=1S/C22H24N2O3.C18H19NO2/c1-22(2,3)16-11-19(26-4)20(27-5)12-18(16)24-21(25)15-10-14-8-6-7-9-17(14)23-13-15;1-18(2,3)13-9-5-7-11-15(13)19-16-12(17(11)20)8-6-10-14(16)21-4/h6-13H,1-5H3,(H,24,25);5-10H,1-4H3,(H,19,20). The third-order valence-corrected chi connectivity index (χ3v) is 8.29. The summed E-state index contributed by atoms with van der Waals surface area (Å²) in [5.41, 5.74) is 5.61. The third kappa shape index (κ3) is 6.83. The van der Waals surface area contributed by atoms with Crippen molar-refractivity contribution in [2.24, 2.45) is 0 Å². The van der Waals surface area contributed by atoms with Gasteiger partial charge >= 0.3 is 0 Å². The summed E-state index contributed by atoms with van der Waals surface area (Å²) in [6.45, 7) is 12.7. The van der Waals surface area contributed by atoms with Crippen molar-refractivity contribution in [3.63, 3.8) is 0 Å². The third-order valence-electron chi connectivity index (χ3n) is 8.29. The smallest absolute Gasteiger partial charge is 0.257 e. The van der Waals surface area contributed by atoms with E-state index >= 15 is 0 Å². The summed E-state index contributed by atoms with van der Waals surface area (Å²) in [6, 6.07) is 24.7. The predicted molar refractivity (Wildman–Crippen MR) is 195 cm³/mol. The number of carbonyl (C=O) groups is 1. The van der Waals surface area contributed by atoms with Gasteiger partial charge < -0.3 is 24.5 Å². The monoisotopic (exact) mass is 645 g/mol. The van der Waals surface area contributed by atoms with Crippen LogP contribution in [0.15, 0.2) is 89.9 Å². The summed E-state index contributed by atoms with van der Waals surface area (Å²) in [5, 5.41) is 5.32. The normalized spacial score (nSPS) is 11.6. The number of anilines is 1. The number of aromatic nitrogens is 2. The number of benzene rings is 4. The van der Waals surface area contributed by atoms with Crippen LogP contribution >= 0.6 is 0 Å². The summed E-state index contributed by atoms with van der Waals surface area (Å²) >= 11 is 0. The Balaban J connectivity index is 0.000000194. The lowest BCUT2D eigenvalue weighted by Gasteiger charge is -2.25. The lowest BCUT2D eigenvalue weighted by atomic mass is 9.85. The van der Waals surface area contributed by atoms with Gasteiger partial charge in [0.05, 0.1) is 43.4 Å². The second-order valence-electron chi connectivity index (χ2n) is 13.7. The van der Waals surface area contributed by atoms with Crippen molar-refractivity contribution in [3.05, 3.63) is 112 Å². The molecular weight excluding hydrogens is 602 g/mol. The van der Waals surface area contributed by atoms with E-state index in [1.54, 1.807) is 33.6 Å². The average Bonchev–Trinajstić information content (AvgIpc) is 3.06. The first kappa shape index (κ1) is 34.0. The minimum absolute atomic E-state index is 0.0435. The quantitative estimate of drug-likeness (QED) is 0.182. The second-order valence-corrected chi connectivity index (χ2v) is 13.7. The molecular formula is C40H43N3O5. The maximum atomic E-state index is 12.9. The van der Waals surface area contributed by atoms with Gasteiger partial charge in [0, 0.05) is 34.1 Å². The predicted octanol–water partition coefficient (Wildman–Crippen LogP) is 8.79. The number of fused-ring (bicyclic) bond motifs is 3. The maximum Gasteiger partial charge on any atom is 0.257 e. The lowest BCUT2D eigenvalue weighted by molar-refractivity contribution is 0.102. The molecule has 0 aliphatic heterocycles. The number of H-pyrrole nitrogens is 1. The molecule has 2 aromatic heterocycles. The zero-order valence-electron chi connectivity index (χ0n) is 29.1. The average molecular weight is 646 g/mol. The van der Waals surface area contributed by atoms with E-state index in [1.165, 1.54) is 0 Å². The van der Waals surface area contributed by atoms with Crippen LogP contribution in [0.25, 0.3) is 32.7 Å². The van der Waals surface area contributed by atoms with Gasteiger partial charge in [-0.3, -0.25) is 14.6 Å². The van der Waals surface area contributed by atoms with Gasteiger partial charge in [0.2, 0.25) is 0 Å². The number of nitrogens with zero attached hydrogens (tertiary/aromatic N) is 1. The number of nitrogens with one attached hydrogen (secondary N) is 2.